The summed E-state index contributed by atoms with van der Waals surface area (Å²) in [4.78, 5) is 22.6. The molecule has 2 rings (SSSR count). The summed E-state index contributed by atoms with van der Waals surface area (Å²) in [5.41, 5.74) is 1.09. The van der Waals surface area contributed by atoms with Crippen LogP contribution in [-0.2, 0) is 4.74 Å². The van der Waals surface area contributed by atoms with Crippen LogP contribution in [0.25, 0.3) is 11.4 Å². The maximum absolute atomic E-state index is 12.1. The molecule has 6 heteroatoms. The van der Waals surface area contributed by atoms with Crippen molar-refractivity contribution in [2.75, 3.05) is 32.2 Å². The lowest BCUT2D eigenvalue weighted by Crippen LogP contribution is -2.23. The van der Waals surface area contributed by atoms with E-state index in [-0.39, 0.29) is 12.2 Å². The van der Waals surface area contributed by atoms with Crippen LogP contribution in [0.1, 0.15) is 17.3 Å². The first kappa shape index (κ1) is 17.3. The lowest BCUT2D eigenvalue weighted by molar-refractivity contribution is 0.0526. The van der Waals surface area contributed by atoms with E-state index in [1.807, 2.05) is 24.3 Å². The predicted molar refractivity (Wildman–Crippen MR) is 92.1 cm³/mol. The summed E-state index contributed by atoms with van der Waals surface area (Å²) in [5, 5.41) is 0. The van der Waals surface area contributed by atoms with Gasteiger partial charge < -0.3 is 14.4 Å². The van der Waals surface area contributed by atoms with Gasteiger partial charge in [-0.15, -0.1) is 6.42 Å². The molecule has 0 bridgehead atoms. The third-order valence-electron chi connectivity index (χ3n) is 3.30. The molecule has 1 aromatic heterocycles. The number of rotatable bonds is 6. The molecule has 6 nitrogen and oxygen atoms in total. The Morgan fingerprint density at radius 2 is 2.04 bits per heavy atom. The first-order valence-corrected chi connectivity index (χ1v) is 7.43. The van der Waals surface area contributed by atoms with Gasteiger partial charge in [-0.25, -0.2) is 14.8 Å². The summed E-state index contributed by atoms with van der Waals surface area (Å²) in [5.74, 6) is 3.73. The SMILES string of the molecule is C#CCN(C)c1nc(-c2ccc(OC)cc2)ncc1C(=O)OCC. The maximum Gasteiger partial charge on any atom is 0.343 e. The van der Waals surface area contributed by atoms with Crippen LogP contribution in [0, 0.1) is 12.3 Å². The molecule has 0 atom stereocenters. The Bertz CT molecular complexity index is 751. The number of terminal acetylenes is 1. The fourth-order valence-corrected chi connectivity index (χ4v) is 2.11. The van der Waals surface area contributed by atoms with Crippen molar-refractivity contribution in [2.45, 2.75) is 6.92 Å². The molecule has 0 saturated carbocycles. The van der Waals surface area contributed by atoms with Gasteiger partial charge in [0.05, 0.1) is 20.3 Å². The second-order valence-corrected chi connectivity index (χ2v) is 4.94. The number of aromatic nitrogens is 2. The van der Waals surface area contributed by atoms with Gasteiger partial charge in [-0.3, -0.25) is 0 Å². The molecule has 124 valence electrons. The number of nitrogens with zero attached hydrogens (tertiary/aromatic N) is 3. The predicted octanol–water partition coefficient (Wildman–Crippen LogP) is 2.40. The molecular formula is C18H19N3O3. The third-order valence-corrected chi connectivity index (χ3v) is 3.30. The molecule has 0 aliphatic carbocycles. The lowest BCUT2D eigenvalue weighted by Gasteiger charge is -2.18. The second kappa shape index (κ2) is 7.97. The number of methoxy groups -OCH3 is 1. The van der Waals surface area contributed by atoms with Gasteiger partial charge in [0.15, 0.2) is 5.82 Å². The molecule has 0 saturated heterocycles. The molecule has 0 N–H and O–H groups in total. The highest BCUT2D eigenvalue weighted by Gasteiger charge is 2.19. The fraction of sp³-hybridized carbons (Fsp3) is 0.278. The minimum absolute atomic E-state index is 0.275. The number of hydrogen-bond donors (Lipinski definition) is 0. The molecule has 2 aromatic rings. The summed E-state index contributed by atoms with van der Waals surface area (Å²) in [6, 6.07) is 7.35. The Kier molecular flexibility index (Phi) is 5.74. The van der Waals surface area contributed by atoms with Gasteiger partial charge in [0.2, 0.25) is 0 Å². The van der Waals surface area contributed by atoms with E-state index in [4.69, 9.17) is 15.9 Å². The van der Waals surface area contributed by atoms with Crippen LogP contribution < -0.4 is 9.64 Å². The Morgan fingerprint density at radius 3 is 2.62 bits per heavy atom. The Morgan fingerprint density at radius 1 is 1.33 bits per heavy atom. The molecule has 0 spiro atoms. The first-order chi connectivity index (χ1) is 11.6. The van der Waals surface area contributed by atoms with Gasteiger partial charge in [0.25, 0.3) is 0 Å². The molecule has 0 unspecified atom stereocenters. The first-order valence-electron chi connectivity index (χ1n) is 7.43. The van der Waals surface area contributed by atoms with Crippen LogP contribution in [-0.4, -0.2) is 43.2 Å². The van der Waals surface area contributed by atoms with Crippen LogP contribution in [0.4, 0.5) is 5.82 Å². The molecular weight excluding hydrogens is 306 g/mol. The minimum Gasteiger partial charge on any atom is -0.497 e. The number of benzene rings is 1. The van der Waals surface area contributed by atoms with Gasteiger partial charge in [0.1, 0.15) is 17.1 Å². The van der Waals surface area contributed by atoms with Crippen molar-refractivity contribution < 1.29 is 14.3 Å². The summed E-state index contributed by atoms with van der Waals surface area (Å²) >= 11 is 0. The van der Waals surface area contributed by atoms with Crippen LogP contribution in [0.15, 0.2) is 30.5 Å². The van der Waals surface area contributed by atoms with E-state index in [2.05, 4.69) is 15.9 Å². The molecule has 24 heavy (non-hydrogen) atoms. The number of carbonyl (C=O) groups excluding carboxylic acids is 1. The Labute approximate surface area is 141 Å². The number of carbonyl (C=O) groups is 1. The fourth-order valence-electron chi connectivity index (χ4n) is 2.11. The zero-order valence-corrected chi connectivity index (χ0v) is 13.9. The van der Waals surface area contributed by atoms with Gasteiger partial charge >= 0.3 is 5.97 Å². The summed E-state index contributed by atoms with van der Waals surface area (Å²) < 4.78 is 10.2. The summed E-state index contributed by atoms with van der Waals surface area (Å²) in [6.07, 6.45) is 6.83. The number of anilines is 1. The molecule has 0 aliphatic rings. The van der Waals surface area contributed by atoms with Crippen molar-refractivity contribution in [1.82, 2.24) is 9.97 Å². The topological polar surface area (TPSA) is 64.5 Å². The highest BCUT2D eigenvalue weighted by atomic mass is 16.5. The minimum atomic E-state index is -0.474. The van der Waals surface area contributed by atoms with Crippen molar-refractivity contribution in [3.63, 3.8) is 0 Å². The van der Waals surface area contributed by atoms with Gasteiger partial charge in [-0.2, -0.15) is 0 Å². The van der Waals surface area contributed by atoms with Crippen LogP contribution >= 0.6 is 0 Å². The molecule has 1 aromatic carbocycles. The van der Waals surface area contributed by atoms with E-state index in [9.17, 15) is 4.79 Å². The molecule has 0 fully saturated rings. The van der Waals surface area contributed by atoms with E-state index in [1.54, 1.807) is 26.0 Å². The zero-order chi connectivity index (χ0) is 17.5. The van der Waals surface area contributed by atoms with E-state index in [0.717, 1.165) is 11.3 Å². The van der Waals surface area contributed by atoms with E-state index in [0.29, 0.717) is 18.2 Å². The molecule has 0 aliphatic heterocycles. The monoisotopic (exact) mass is 325 g/mol. The number of esters is 1. The summed E-state index contributed by atoms with van der Waals surface area (Å²) in [7, 11) is 3.37. The van der Waals surface area contributed by atoms with Gasteiger partial charge in [0, 0.05) is 18.8 Å². The largest absolute Gasteiger partial charge is 0.497 e. The van der Waals surface area contributed by atoms with Crippen LogP contribution in [0.3, 0.4) is 0 Å². The van der Waals surface area contributed by atoms with Crippen molar-refractivity contribution in [1.29, 1.82) is 0 Å². The van der Waals surface area contributed by atoms with Gasteiger partial charge in [-0.05, 0) is 31.2 Å². The normalized spacial score (nSPS) is 9.92. The second-order valence-electron chi connectivity index (χ2n) is 4.94. The van der Waals surface area contributed by atoms with Crippen molar-refractivity contribution >= 4 is 11.8 Å². The average molecular weight is 325 g/mol. The van der Waals surface area contributed by atoms with Gasteiger partial charge in [-0.1, -0.05) is 5.92 Å². The maximum atomic E-state index is 12.1. The molecule has 0 radical (unpaired) electrons. The standard InChI is InChI=1S/C18H19N3O3/c1-5-11-21(3)17-15(18(22)24-6-2)12-19-16(20-17)13-7-9-14(23-4)10-8-13/h1,7-10,12H,6,11H2,2-4H3. The lowest BCUT2D eigenvalue weighted by atomic mass is 10.2. The highest BCUT2D eigenvalue weighted by Crippen LogP contribution is 2.24. The van der Waals surface area contributed by atoms with E-state index >= 15 is 0 Å². The summed E-state index contributed by atoms with van der Waals surface area (Å²) in [6.45, 7) is 2.33. The highest BCUT2D eigenvalue weighted by molar-refractivity contribution is 5.94. The quantitative estimate of drug-likeness (QED) is 0.600. The Balaban J connectivity index is 2.46. The van der Waals surface area contributed by atoms with Crippen LogP contribution in [0.2, 0.25) is 0 Å². The molecule has 1 heterocycles. The zero-order valence-electron chi connectivity index (χ0n) is 13.9. The van der Waals surface area contributed by atoms with Crippen LogP contribution in [0.5, 0.6) is 5.75 Å². The Hall–Kier alpha value is -3.07. The van der Waals surface area contributed by atoms with E-state index < -0.39 is 5.97 Å². The van der Waals surface area contributed by atoms with Crippen molar-refractivity contribution in [3.05, 3.63) is 36.0 Å². The van der Waals surface area contributed by atoms with Crippen molar-refractivity contribution in [3.8, 4) is 29.5 Å². The average Bonchev–Trinajstić information content (AvgIpc) is 2.61. The number of hydrogen-bond acceptors (Lipinski definition) is 6. The smallest absolute Gasteiger partial charge is 0.343 e. The number of ether oxygens (including phenoxy) is 2. The van der Waals surface area contributed by atoms with Crippen molar-refractivity contribution in [2.24, 2.45) is 0 Å². The molecule has 0 amide bonds. The van der Waals surface area contributed by atoms with E-state index in [1.165, 1.54) is 6.20 Å². The third kappa shape index (κ3) is 3.82.